The summed E-state index contributed by atoms with van der Waals surface area (Å²) in [6.07, 6.45) is 0. The Morgan fingerprint density at radius 3 is 2.65 bits per heavy atom. The van der Waals surface area contributed by atoms with E-state index in [0.29, 0.717) is 16.2 Å². The molecule has 17 heavy (non-hydrogen) atoms. The molecule has 1 aromatic heterocycles. The van der Waals surface area contributed by atoms with E-state index in [9.17, 15) is 14.3 Å². The summed E-state index contributed by atoms with van der Waals surface area (Å²) in [5.41, 5.74) is -0.459. The summed E-state index contributed by atoms with van der Waals surface area (Å²) in [6, 6.07) is 8.57. The van der Waals surface area contributed by atoms with Crippen LogP contribution in [0.1, 0.15) is 0 Å². The van der Waals surface area contributed by atoms with Crippen LogP contribution in [-0.4, -0.2) is 5.11 Å². The number of halogens is 1. The molecule has 84 valence electrons. The molecule has 0 aliphatic carbocycles. The molecule has 0 saturated heterocycles. The van der Waals surface area contributed by atoms with Crippen molar-refractivity contribution in [2.45, 2.75) is 0 Å². The van der Waals surface area contributed by atoms with Crippen LogP contribution in [0.25, 0.3) is 21.7 Å². The largest absolute Gasteiger partial charge is 0.507 e. The van der Waals surface area contributed by atoms with E-state index >= 15 is 0 Å². The highest BCUT2D eigenvalue weighted by atomic mass is 19.1. The third-order valence-corrected chi connectivity index (χ3v) is 2.69. The van der Waals surface area contributed by atoms with Gasteiger partial charge in [-0.15, -0.1) is 0 Å². The Labute approximate surface area is 94.7 Å². The van der Waals surface area contributed by atoms with E-state index in [2.05, 4.69) is 0 Å². The van der Waals surface area contributed by atoms with Crippen molar-refractivity contribution in [3.63, 3.8) is 0 Å². The summed E-state index contributed by atoms with van der Waals surface area (Å²) in [4.78, 5) is 11.2. The van der Waals surface area contributed by atoms with E-state index in [0.717, 1.165) is 6.07 Å². The molecule has 1 heterocycles. The second-order valence-electron chi connectivity index (χ2n) is 3.73. The molecule has 3 aromatic rings. The molecule has 0 atom stereocenters. The lowest BCUT2D eigenvalue weighted by atomic mass is 10.1. The average Bonchev–Trinajstić information content (AvgIpc) is 2.29. The topological polar surface area (TPSA) is 50.4 Å². The summed E-state index contributed by atoms with van der Waals surface area (Å²) < 4.78 is 18.6. The molecular weight excluding hydrogens is 223 g/mol. The number of hydrogen-bond acceptors (Lipinski definition) is 3. The highest BCUT2D eigenvalue weighted by Crippen LogP contribution is 2.30. The maximum Gasteiger partial charge on any atom is 0.339 e. The summed E-state index contributed by atoms with van der Waals surface area (Å²) in [7, 11) is 0. The van der Waals surface area contributed by atoms with Crippen molar-refractivity contribution in [2.24, 2.45) is 0 Å². The lowest BCUT2D eigenvalue weighted by Gasteiger charge is -2.04. The van der Waals surface area contributed by atoms with E-state index in [1.54, 1.807) is 12.1 Å². The molecule has 0 aliphatic rings. The molecule has 0 amide bonds. The molecule has 3 nitrogen and oxygen atoms in total. The highest BCUT2D eigenvalue weighted by Gasteiger charge is 2.10. The van der Waals surface area contributed by atoms with Crippen molar-refractivity contribution in [1.82, 2.24) is 0 Å². The van der Waals surface area contributed by atoms with Gasteiger partial charge in [-0.05, 0) is 12.1 Å². The number of aromatic hydroxyl groups is 1. The predicted octanol–water partition coefficient (Wildman–Crippen LogP) is 2.79. The van der Waals surface area contributed by atoms with E-state index in [4.69, 9.17) is 4.42 Å². The Balaban J connectivity index is 2.64. The SMILES string of the molecule is O=c1cc(O)c2ccc3c(F)cccc3c2o1. The Bertz CT molecular complexity index is 790. The fourth-order valence-corrected chi connectivity index (χ4v) is 1.92. The summed E-state index contributed by atoms with van der Waals surface area (Å²) >= 11 is 0. The molecule has 4 heteroatoms. The summed E-state index contributed by atoms with van der Waals surface area (Å²) in [5.74, 6) is -0.558. The van der Waals surface area contributed by atoms with E-state index in [1.165, 1.54) is 18.2 Å². The minimum absolute atomic E-state index is 0.164. The first kappa shape index (κ1) is 9.84. The lowest BCUT2D eigenvalue weighted by Crippen LogP contribution is -1.96. The van der Waals surface area contributed by atoms with Crippen molar-refractivity contribution >= 4 is 21.7 Å². The molecule has 0 saturated carbocycles. The fourth-order valence-electron chi connectivity index (χ4n) is 1.92. The van der Waals surface area contributed by atoms with Crippen LogP contribution in [0.4, 0.5) is 4.39 Å². The Hall–Kier alpha value is -2.36. The minimum atomic E-state index is -0.660. The van der Waals surface area contributed by atoms with Crippen LogP contribution in [-0.2, 0) is 0 Å². The third-order valence-electron chi connectivity index (χ3n) is 2.69. The zero-order valence-corrected chi connectivity index (χ0v) is 8.61. The first-order chi connectivity index (χ1) is 8.16. The van der Waals surface area contributed by atoms with Gasteiger partial charge in [0.15, 0.2) is 0 Å². The van der Waals surface area contributed by atoms with Gasteiger partial charge in [-0.3, -0.25) is 0 Å². The first-order valence-corrected chi connectivity index (χ1v) is 5.01. The van der Waals surface area contributed by atoms with Gasteiger partial charge in [0.1, 0.15) is 17.1 Å². The molecule has 0 bridgehead atoms. The number of fused-ring (bicyclic) bond motifs is 3. The first-order valence-electron chi connectivity index (χ1n) is 5.01. The normalized spacial score (nSPS) is 11.1. The highest BCUT2D eigenvalue weighted by molar-refractivity contribution is 6.05. The van der Waals surface area contributed by atoms with Gasteiger partial charge in [0.2, 0.25) is 0 Å². The van der Waals surface area contributed by atoms with Crippen molar-refractivity contribution < 1.29 is 13.9 Å². The third kappa shape index (κ3) is 1.38. The van der Waals surface area contributed by atoms with Crippen LogP contribution in [0.5, 0.6) is 5.75 Å². The Morgan fingerprint density at radius 2 is 1.82 bits per heavy atom. The molecule has 3 rings (SSSR count). The van der Waals surface area contributed by atoms with Crippen LogP contribution in [0, 0.1) is 5.82 Å². The standard InChI is InChI=1S/C13H7FO3/c14-10-3-1-2-8-7(10)4-5-9-11(15)6-12(16)17-13(8)9/h1-6,15H. The minimum Gasteiger partial charge on any atom is -0.507 e. The van der Waals surface area contributed by atoms with Crippen molar-refractivity contribution in [3.05, 3.63) is 52.6 Å². The zero-order chi connectivity index (χ0) is 12.0. The van der Waals surface area contributed by atoms with Crippen molar-refractivity contribution in [1.29, 1.82) is 0 Å². The van der Waals surface area contributed by atoms with E-state index < -0.39 is 11.4 Å². The Morgan fingerprint density at radius 1 is 1.06 bits per heavy atom. The molecule has 0 aliphatic heterocycles. The lowest BCUT2D eigenvalue weighted by molar-refractivity contribution is 0.468. The predicted molar refractivity (Wildman–Crippen MR) is 61.6 cm³/mol. The van der Waals surface area contributed by atoms with Crippen LogP contribution >= 0.6 is 0 Å². The van der Waals surface area contributed by atoms with Crippen LogP contribution in [0.15, 0.2) is 45.6 Å². The second-order valence-corrected chi connectivity index (χ2v) is 3.73. The van der Waals surface area contributed by atoms with Gasteiger partial charge in [-0.25, -0.2) is 9.18 Å². The number of rotatable bonds is 0. The smallest absolute Gasteiger partial charge is 0.339 e. The molecule has 0 spiro atoms. The van der Waals surface area contributed by atoms with Crippen LogP contribution in [0.3, 0.4) is 0 Å². The van der Waals surface area contributed by atoms with Gasteiger partial charge in [0, 0.05) is 10.8 Å². The summed E-state index contributed by atoms with van der Waals surface area (Å²) in [6.45, 7) is 0. The molecule has 1 N–H and O–H groups in total. The van der Waals surface area contributed by atoms with Crippen molar-refractivity contribution in [2.75, 3.05) is 0 Å². The maximum atomic E-state index is 13.5. The van der Waals surface area contributed by atoms with Gasteiger partial charge in [-0.2, -0.15) is 0 Å². The molecule has 0 unspecified atom stereocenters. The van der Waals surface area contributed by atoms with Gasteiger partial charge in [-0.1, -0.05) is 18.2 Å². The molecule has 0 radical (unpaired) electrons. The van der Waals surface area contributed by atoms with Gasteiger partial charge < -0.3 is 9.52 Å². The van der Waals surface area contributed by atoms with Gasteiger partial charge in [0.05, 0.1) is 11.5 Å². The fraction of sp³-hybridized carbons (Fsp3) is 0. The average molecular weight is 230 g/mol. The molecule has 0 fully saturated rings. The van der Waals surface area contributed by atoms with Gasteiger partial charge >= 0.3 is 5.63 Å². The molecule has 2 aromatic carbocycles. The van der Waals surface area contributed by atoms with E-state index in [-0.39, 0.29) is 11.3 Å². The van der Waals surface area contributed by atoms with E-state index in [1.807, 2.05) is 0 Å². The number of hydrogen-bond donors (Lipinski definition) is 1. The van der Waals surface area contributed by atoms with Crippen LogP contribution in [0.2, 0.25) is 0 Å². The molecular formula is C13H7FO3. The monoisotopic (exact) mass is 230 g/mol. The van der Waals surface area contributed by atoms with Crippen LogP contribution < -0.4 is 5.63 Å². The van der Waals surface area contributed by atoms with Gasteiger partial charge in [0.25, 0.3) is 0 Å². The maximum absolute atomic E-state index is 13.5. The second kappa shape index (κ2) is 3.31. The van der Waals surface area contributed by atoms with Crippen molar-refractivity contribution in [3.8, 4) is 5.75 Å². The zero-order valence-electron chi connectivity index (χ0n) is 8.61. The quantitative estimate of drug-likeness (QED) is 0.477. The Kier molecular flexibility index (Phi) is 1.92. The number of benzene rings is 2. The summed E-state index contributed by atoms with van der Waals surface area (Å²) in [5, 5.41) is 10.8.